The molecule has 24 heavy (non-hydrogen) atoms. The van der Waals surface area contributed by atoms with E-state index in [1.54, 1.807) is 0 Å². The lowest BCUT2D eigenvalue weighted by molar-refractivity contribution is -0.0460. The number of fused-ring (bicyclic) bond motifs is 2. The second-order valence-corrected chi connectivity index (χ2v) is 8.36. The predicted molar refractivity (Wildman–Crippen MR) is 95.6 cm³/mol. The topological polar surface area (TPSA) is 28.6 Å². The minimum Gasteiger partial charge on any atom is -0.378 e. The second kappa shape index (κ2) is 6.74. The molecule has 0 bridgehead atoms. The third-order valence-electron chi connectivity index (χ3n) is 6.38. The lowest BCUT2D eigenvalue weighted by Gasteiger charge is -2.34. The smallest absolute Gasteiger partial charge is 0.0593 e. The number of ether oxygens (including phenoxy) is 1. The second-order valence-electron chi connectivity index (χ2n) is 8.36. The summed E-state index contributed by atoms with van der Waals surface area (Å²) in [5, 5.41) is 0. The van der Waals surface area contributed by atoms with Crippen molar-refractivity contribution in [2.24, 2.45) is 11.8 Å². The Labute approximate surface area is 146 Å². The third-order valence-corrected chi connectivity index (χ3v) is 6.38. The standard InChI is InChI=1S/C20H31N3O/c1-14(2)22-10-17-8-19(24-13-18(17)11-22)7-15(3)23-9-16-5-4-6-21-20(16)12-23/h4-6,14-15,17-19H,7-13H2,1-3H3. The zero-order valence-corrected chi connectivity index (χ0v) is 15.3. The van der Waals surface area contributed by atoms with E-state index in [1.807, 2.05) is 6.20 Å². The zero-order valence-electron chi connectivity index (χ0n) is 15.3. The van der Waals surface area contributed by atoms with Crippen LogP contribution in [0.25, 0.3) is 0 Å². The summed E-state index contributed by atoms with van der Waals surface area (Å²) < 4.78 is 6.26. The summed E-state index contributed by atoms with van der Waals surface area (Å²) in [6.45, 7) is 12.5. The largest absolute Gasteiger partial charge is 0.378 e. The molecule has 1 aromatic heterocycles. The van der Waals surface area contributed by atoms with Crippen LogP contribution in [0, 0.1) is 11.8 Å². The van der Waals surface area contributed by atoms with Crippen molar-refractivity contribution >= 4 is 0 Å². The molecule has 4 heterocycles. The number of rotatable bonds is 4. The van der Waals surface area contributed by atoms with Crippen molar-refractivity contribution in [3.05, 3.63) is 29.6 Å². The average molecular weight is 329 g/mol. The van der Waals surface area contributed by atoms with Crippen LogP contribution in [0.15, 0.2) is 18.3 Å². The molecule has 0 aliphatic carbocycles. The minimum atomic E-state index is 0.435. The fraction of sp³-hybridized carbons (Fsp3) is 0.750. The van der Waals surface area contributed by atoms with Gasteiger partial charge in [0, 0.05) is 44.5 Å². The van der Waals surface area contributed by atoms with Crippen LogP contribution < -0.4 is 0 Å². The highest BCUT2D eigenvalue weighted by molar-refractivity contribution is 5.23. The van der Waals surface area contributed by atoms with Crippen LogP contribution in [0.4, 0.5) is 0 Å². The molecule has 132 valence electrons. The molecule has 0 saturated carbocycles. The van der Waals surface area contributed by atoms with Gasteiger partial charge in [-0.15, -0.1) is 0 Å². The molecule has 0 N–H and O–H groups in total. The van der Waals surface area contributed by atoms with Gasteiger partial charge in [-0.2, -0.15) is 0 Å². The summed E-state index contributed by atoms with van der Waals surface area (Å²) in [5.74, 6) is 1.61. The van der Waals surface area contributed by atoms with E-state index in [4.69, 9.17) is 4.74 Å². The summed E-state index contributed by atoms with van der Waals surface area (Å²) in [4.78, 5) is 9.72. The average Bonchev–Trinajstić information content (AvgIpc) is 3.18. The predicted octanol–water partition coefficient (Wildman–Crippen LogP) is 2.92. The Bertz CT molecular complexity index is 551. The normalized spacial score (nSPS) is 32.1. The molecule has 4 nitrogen and oxygen atoms in total. The number of likely N-dealkylation sites (tertiary alicyclic amines) is 1. The maximum atomic E-state index is 6.26. The Morgan fingerprint density at radius 1 is 1.17 bits per heavy atom. The fourth-order valence-corrected chi connectivity index (χ4v) is 4.75. The van der Waals surface area contributed by atoms with Crippen molar-refractivity contribution in [3.63, 3.8) is 0 Å². The SMILES string of the molecule is CC(C)N1CC2COC(CC(C)N3Cc4cccnc4C3)CC2C1. The van der Waals surface area contributed by atoms with Crippen LogP contribution in [0.3, 0.4) is 0 Å². The molecular formula is C20H31N3O. The van der Waals surface area contributed by atoms with Crippen molar-refractivity contribution in [2.45, 2.75) is 64.9 Å². The van der Waals surface area contributed by atoms with Gasteiger partial charge in [-0.3, -0.25) is 9.88 Å². The molecule has 0 amide bonds. The van der Waals surface area contributed by atoms with Crippen LogP contribution in [0.2, 0.25) is 0 Å². The fourth-order valence-electron chi connectivity index (χ4n) is 4.75. The van der Waals surface area contributed by atoms with Gasteiger partial charge in [-0.25, -0.2) is 0 Å². The summed E-state index contributed by atoms with van der Waals surface area (Å²) >= 11 is 0. The van der Waals surface area contributed by atoms with E-state index < -0.39 is 0 Å². The lowest BCUT2D eigenvalue weighted by atomic mass is 9.87. The molecule has 0 spiro atoms. The Kier molecular flexibility index (Phi) is 4.63. The van der Waals surface area contributed by atoms with Gasteiger partial charge >= 0.3 is 0 Å². The third kappa shape index (κ3) is 3.24. The zero-order chi connectivity index (χ0) is 16.7. The van der Waals surface area contributed by atoms with Gasteiger partial charge in [0.15, 0.2) is 0 Å². The van der Waals surface area contributed by atoms with E-state index in [9.17, 15) is 0 Å². The van der Waals surface area contributed by atoms with Gasteiger partial charge in [0.1, 0.15) is 0 Å². The molecule has 3 aliphatic heterocycles. The molecule has 0 radical (unpaired) electrons. The van der Waals surface area contributed by atoms with E-state index in [0.717, 1.165) is 38.0 Å². The van der Waals surface area contributed by atoms with Gasteiger partial charge in [0.2, 0.25) is 0 Å². The molecule has 2 saturated heterocycles. The maximum absolute atomic E-state index is 6.26. The molecule has 1 aromatic rings. The van der Waals surface area contributed by atoms with E-state index in [0.29, 0.717) is 18.2 Å². The highest BCUT2D eigenvalue weighted by atomic mass is 16.5. The van der Waals surface area contributed by atoms with Crippen molar-refractivity contribution in [3.8, 4) is 0 Å². The van der Waals surface area contributed by atoms with E-state index >= 15 is 0 Å². The van der Waals surface area contributed by atoms with Crippen LogP contribution in [-0.2, 0) is 17.8 Å². The Morgan fingerprint density at radius 2 is 2.00 bits per heavy atom. The van der Waals surface area contributed by atoms with Gasteiger partial charge < -0.3 is 9.64 Å². The Hall–Kier alpha value is -0.970. The lowest BCUT2D eigenvalue weighted by Crippen LogP contribution is -2.38. The minimum absolute atomic E-state index is 0.435. The van der Waals surface area contributed by atoms with Crippen molar-refractivity contribution < 1.29 is 4.74 Å². The molecular weight excluding hydrogens is 298 g/mol. The van der Waals surface area contributed by atoms with Gasteiger partial charge in [0.05, 0.1) is 18.4 Å². The number of hydrogen-bond donors (Lipinski definition) is 0. The quantitative estimate of drug-likeness (QED) is 0.849. The number of pyridine rings is 1. The first-order chi connectivity index (χ1) is 11.6. The number of nitrogens with zero attached hydrogens (tertiary/aromatic N) is 3. The van der Waals surface area contributed by atoms with Gasteiger partial charge in [0.25, 0.3) is 0 Å². The first kappa shape index (κ1) is 16.5. The Morgan fingerprint density at radius 3 is 2.79 bits per heavy atom. The van der Waals surface area contributed by atoms with Gasteiger partial charge in [-0.1, -0.05) is 6.07 Å². The monoisotopic (exact) mass is 329 g/mol. The van der Waals surface area contributed by atoms with E-state index in [2.05, 4.69) is 47.7 Å². The molecule has 4 unspecified atom stereocenters. The molecule has 4 atom stereocenters. The van der Waals surface area contributed by atoms with Crippen LogP contribution in [0.1, 0.15) is 44.9 Å². The number of aromatic nitrogens is 1. The van der Waals surface area contributed by atoms with Crippen molar-refractivity contribution in [2.75, 3.05) is 19.7 Å². The summed E-state index contributed by atoms with van der Waals surface area (Å²) in [6.07, 6.45) is 4.75. The van der Waals surface area contributed by atoms with Crippen LogP contribution in [0.5, 0.6) is 0 Å². The molecule has 4 heteroatoms. The van der Waals surface area contributed by atoms with E-state index in [-0.39, 0.29) is 0 Å². The highest BCUT2D eigenvalue weighted by Crippen LogP contribution is 2.35. The van der Waals surface area contributed by atoms with Crippen molar-refractivity contribution in [1.82, 2.24) is 14.8 Å². The summed E-state index contributed by atoms with van der Waals surface area (Å²) in [7, 11) is 0. The van der Waals surface area contributed by atoms with Gasteiger partial charge in [-0.05, 0) is 57.1 Å². The van der Waals surface area contributed by atoms with Crippen LogP contribution >= 0.6 is 0 Å². The molecule has 3 aliphatic rings. The molecule has 2 fully saturated rings. The summed E-state index contributed by atoms with van der Waals surface area (Å²) in [5.41, 5.74) is 2.66. The number of hydrogen-bond acceptors (Lipinski definition) is 4. The first-order valence-electron chi connectivity index (χ1n) is 9.62. The van der Waals surface area contributed by atoms with Crippen LogP contribution in [-0.4, -0.2) is 52.7 Å². The van der Waals surface area contributed by atoms with Crippen molar-refractivity contribution in [1.29, 1.82) is 0 Å². The first-order valence-corrected chi connectivity index (χ1v) is 9.62. The van der Waals surface area contributed by atoms with E-state index in [1.165, 1.54) is 30.8 Å². The Balaban J connectivity index is 1.31. The summed E-state index contributed by atoms with van der Waals surface area (Å²) in [6, 6.07) is 5.50. The molecule has 0 aromatic carbocycles. The molecule has 4 rings (SSSR count). The maximum Gasteiger partial charge on any atom is 0.0593 e. The highest BCUT2D eigenvalue weighted by Gasteiger charge is 2.39.